The highest BCUT2D eigenvalue weighted by molar-refractivity contribution is 5.80. The van der Waals surface area contributed by atoms with Crippen LogP contribution < -0.4 is 0 Å². The van der Waals surface area contributed by atoms with Gasteiger partial charge < -0.3 is 14.7 Å². The van der Waals surface area contributed by atoms with Crippen molar-refractivity contribution in [1.29, 1.82) is 0 Å². The minimum Gasteiger partial charge on any atom is -0.388 e. The van der Waals surface area contributed by atoms with Crippen LogP contribution in [0.15, 0.2) is 0 Å². The van der Waals surface area contributed by atoms with Crippen molar-refractivity contribution >= 4 is 5.91 Å². The fraction of sp³-hybridized carbons (Fsp3) is 0.944. The molecule has 5 nitrogen and oxygen atoms in total. The molecule has 1 N–H and O–H groups in total. The van der Waals surface area contributed by atoms with Gasteiger partial charge in [-0.25, -0.2) is 0 Å². The summed E-state index contributed by atoms with van der Waals surface area (Å²) in [6, 6.07) is 0. The third kappa shape index (κ3) is 1.37. The lowest BCUT2D eigenvalue weighted by Gasteiger charge is -2.33. The molecular weight excluding hydrogens is 292 g/mol. The van der Waals surface area contributed by atoms with E-state index in [4.69, 9.17) is 4.74 Å². The van der Waals surface area contributed by atoms with E-state index in [0.29, 0.717) is 38.2 Å². The van der Waals surface area contributed by atoms with E-state index in [1.807, 2.05) is 4.90 Å². The lowest BCUT2D eigenvalue weighted by Crippen LogP contribution is -2.47. The zero-order valence-electron chi connectivity index (χ0n) is 13.7. The number of amides is 1. The first-order chi connectivity index (χ1) is 11.1. The Kier molecular flexibility index (Phi) is 2.44. The van der Waals surface area contributed by atoms with Gasteiger partial charge in [0.2, 0.25) is 5.91 Å². The van der Waals surface area contributed by atoms with Gasteiger partial charge in [-0.3, -0.25) is 9.69 Å². The second-order valence-corrected chi connectivity index (χ2v) is 9.10. The number of β-amino-alcohol motifs (C(OH)–C–C–N with tert-alkyl or cyclic N) is 1. The lowest BCUT2D eigenvalue weighted by atomic mass is 9.71. The van der Waals surface area contributed by atoms with E-state index in [-0.39, 0.29) is 5.91 Å². The van der Waals surface area contributed by atoms with E-state index in [2.05, 4.69) is 4.90 Å². The highest BCUT2D eigenvalue weighted by atomic mass is 16.5. The molecule has 0 aromatic heterocycles. The van der Waals surface area contributed by atoms with E-state index in [0.717, 1.165) is 42.1 Å². The molecule has 23 heavy (non-hydrogen) atoms. The summed E-state index contributed by atoms with van der Waals surface area (Å²) in [5.41, 5.74) is -0.498. The topological polar surface area (TPSA) is 53.0 Å². The molecule has 6 bridgehead atoms. The van der Waals surface area contributed by atoms with Crippen molar-refractivity contribution in [3.8, 4) is 0 Å². The zero-order chi connectivity index (χ0) is 15.5. The monoisotopic (exact) mass is 318 g/mol. The SMILES string of the molecule is COCCN1CN(CC2(O)C3C4CC5C6CC(C53)C2C64)CC1=O. The Hall–Kier alpha value is -0.650. The standard InChI is InChI=1S/C18H26N2O3/c1-23-3-2-20-8-19(6-13(20)21)7-18(22)16-11-4-9-10-5-12(14(9)16)17(18)15(10)11/h9-12,14-17,22H,2-8H2,1H3. The van der Waals surface area contributed by atoms with Crippen LogP contribution in [0.3, 0.4) is 0 Å². The van der Waals surface area contributed by atoms with Gasteiger partial charge in [-0.2, -0.15) is 0 Å². The number of nitrogens with zero attached hydrogens (tertiary/aromatic N) is 2. The zero-order valence-corrected chi connectivity index (χ0v) is 13.7. The summed E-state index contributed by atoms with van der Waals surface area (Å²) in [4.78, 5) is 16.3. The molecule has 1 heterocycles. The Balaban J connectivity index is 1.23. The van der Waals surface area contributed by atoms with Gasteiger partial charge in [0.25, 0.3) is 0 Å². The van der Waals surface area contributed by atoms with Gasteiger partial charge in [-0.15, -0.1) is 0 Å². The summed E-state index contributed by atoms with van der Waals surface area (Å²) in [5.74, 6) is 6.46. The van der Waals surface area contributed by atoms with E-state index < -0.39 is 5.60 Å². The molecular formula is C18H26N2O3. The van der Waals surface area contributed by atoms with Gasteiger partial charge in [0.1, 0.15) is 0 Å². The van der Waals surface area contributed by atoms with Crippen molar-refractivity contribution in [2.75, 3.05) is 40.0 Å². The van der Waals surface area contributed by atoms with Gasteiger partial charge in [0.15, 0.2) is 0 Å². The average Bonchev–Trinajstić information content (AvgIpc) is 3.26. The Labute approximate surface area is 136 Å². The number of carbonyl (C=O) groups is 1. The maximum absolute atomic E-state index is 12.2. The van der Waals surface area contributed by atoms with Crippen molar-refractivity contribution in [3.05, 3.63) is 0 Å². The Bertz CT molecular complexity index is 553. The fourth-order valence-electron chi connectivity index (χ4n) is 8.58. The summed E-state index contributed by atoms with van der Waals surface area (Å²) >= 11 is 0. The molecule has 0 aromatic carbocycles. The van der Waals surface area contributed by atoms with Crippen LogP contribution in [0.25, 0.3) is 0 Å². The quantitative estimate of drug-likeness (QED) is 0.789. The lowest BCUT2D eigenvalue weighted by molar-refractivity contribution is -0.127. The van der Waals surface area contributed by atoms with Crippen LogP contribution in [-0.4, -0.2) is 66.4 Å². The van der Waals surface area contributed by atoms with Gasteiger partial charge in [-0.05, 0) is 60.2 Å². The van der Waals surface area contributed by atoms with Crippen LogP contribution in [0.1, 0.15) is 12.8 Å². The van der Waals surface area contributed by atoms with Crippen molar-refractivity contribution in [3.63, 3.8) is 0 Å². The smallest absolute Gasteiger partial charge is 0.237 e. The van der Waals surface area contributed by atoms with Crippen molar-refractivity contribution < 1.29 is 14.6 Å². The molecule has 0 spiro atoms. The van der Waals surface area contributed by atoms with E-state index in [1.54, 1.807) is 7.11 Å². The predicted octanol–water partition coefficient (Wildman–Crippen LogP) is 0.243. The summed E-state index contributed by atoms with van der Waals surface area (Å²) in [6.45, 7) is 3.12. The molecule has 0 radical (unpaired) electrons. The summed E-state index contributed by atoms with van der Waals surface area (Å²) in [7, 11) is 1.67. The molecule has 126 valence electrons. The Morgan fingerprint density at radius 1 is 1.17 bits per heavy atom. The fourth-order valence-corrected chi connectivity index (χ4v) is 8.58. The van der Waals surface area contributed by atoms with Gasteiger partial charge in [0.05, 0.1) is 25.4 Å². The second-order valence-electron chi connectivity index (χ2n) is 9.10. The van der Waals surface area contributed by atoms with Crippen LogP contribution in [0.2, 0.25) is 0 Å². The minimum atomic E-state index is -0.498. The van der Waals surface area contributed by atoms with Gasteiger partial charge in [-0.1, -0.05) is 0 Å². The highest BCUT2D eigenvalue weighted by Gasteiger charge is 2.84. The molecule has 1 aliphatic heterocycles. The molecule has 7 rings (SSSR count). The van der Waals surface area contributed by atoms with E-state index in [1.165, 1.54) is 12.8 Å². The van der Waals surface area contributed by atoms with Crippen molar-refractivity contribution in [2.24, 2.45) is 47.3 Å². The number of carbonyl (C=O) groups excluding carboxylic acids is 1. The molecule has 8 unspecified atom stereocenters. The third-order valence-corrected chi connectivity index (χ3v) is 8.65. The van der Waals surface area contributed by atoms with Crippen LogP contribution >= 0.6 is 0 Å². The molecule has 1 amide bonds. The third-order valence-electron chi connectivity index (χ3n) is 8.65. The molecule has 8 atom stereocenters. The number of aliphatic hydroxyl groups is 1. The second kappa shape index (κ2) is 4.12. The number of hydrogen-bond acceptors (Lipinski definition) is 4. The molecule has 6 saturated carbocycles. The Morgan fingerprint density at radius 3 is 2.43 bits per heavy atom. The summed E-state index contributed by atoms with van der Waals surface area (Å²) in [5, 5.41) is 11.7. The highest BCUT2D eigenvalue weighted by Crippen LogP contribution is 2.85. The van der Waals surface area contributed by atoms with Crippen LogP contribution in [0.5, 0.6) is 0 Å². The van der Waals surface area contributed by atoms with Gasteiger partial charge in [0, 0.05) is 20.2 Å². The Morgan fingerprint density at radius 2 is 1.83 bits per heavy atom. The van der Waals surface area contributed by atoms with Gasteiger partial charge >= 0.3 is 0 Å². The van der Waals surface area contributed by atoms with Crippen LogP contribution in [0.4, 0.5) is 0 Å². The summed E-state index contributed by atoms with van der Waals surface area (Å²) < 4.78 is 5.10. The van der Waals surface area contributed by atoms with Crippen LogP contribution in [-0.2, 0) is 9.53 Å². The van der Waals surface area contributed by atoms with E-state index in [9.17, 15) is 9.90 Å². The molecule has 0 aromatic rings. The first-order valence-corrected chi connectivity index (χ1v) is 9.35. The average molecular weight is 318 g/mol. The number of rotatable bonds is 5. The minimum absolute atomic E-state index is 0.188. The van der Waals surface area contributed by atoms with Crippen molar-refractivity contribution in [1.82, 2.24) is 9.80 Å². The predicted molar refractivity (Wildman–Crippen MR) is 82.1 cm³/mol. The number of ether oxygens (including phenoxy) is 1. The molecule has 6 aliphatic carbocycles. The van der Waals surface area contributed by atoms with E-state index >= 15 is 0 Å². The number of hydrogen-bond donors (Lipinski definition) is 1. The maximum Gasteiger partial charge on any atom is 0.237 e. The molecule has 5 heteroatoms. The maximum atomic E-state index is 12.2. The van der Waals surface area contributed by atoms with Crippen molar-refractivity contribution in [2.45, 2.75) is 18.4 Å². The van der Waals surface area contributed by atoms with Crippen LogP contribution in [0, 0.1) is 47.3 Å². The first kappa shape index (κ1) is 13.6. The number of methoxy groups -OCH3 is 1. The normalized spacial score (nSPS) is 58.0. The summed E-state index contributed by atoms with van der Waals surface area (Å²) in [6.07, 6.45) is 2.80. The molecule has 7 fully saturated rings. The molecule has 1 saturated heterocycles. The largest absolute Gasteiger partial charge is 0.388 e. The molecule has 7 aliphatic rings. The first-order valence-electron chi connectivity index (χ1n) is 9.35.